The Balaban J connectivity index is 0.000000183. The van der Waals surface area contributed by atoms with E-state index >= 15 is 0 Å². The Bertz CT molecular complexity index is 4300. The molecule has 8 aromatic carbocycles. The SMILES string of the molecule is CC(C)(C)OC(=O)NC1CN(C(=O)Oc2c3c(c(OC(c4ccccc4)c4ccccc4)c4ncccc24)C(=O)N(Cc2ccc(F)cc2)C3)C1.C[Si](C)(C)CCOc1c2c(c(OC(c3ccccc3)c3ccccc3)c3ncccc13)C(=O)N(Cc1ccc(F)cc1)C2. The Morgan fingerprint density at radius 2 is 0.957 bits per heavy atom. The number of carbonyl (C=O) groups excluding carboxylic acids is 4. The molecule has 13 rings (SSSR count). The average molecular weight is 1280 g/mol. The van der Waals surface area contributed by atoms with Gasteiger partial charge in [0.2, 0.25) is 0 Å². The van der Waals surface area contributed by atoms with Gasteiger partial charge in [0.25, 0.3) is 11.8 Å². The van der Waals surface area contributed by atoms with Gasteiger partial charge in [-0.1, -0.05) is 165 Å². The third-order valence-electron chi connectivity index (χ3n) is 16.4. The maximum atomic E-state index is 14.4. The average Bonchev–Trinajstić information content (AvgIpc) is 1.56. The standard InChI is InChI=1S/C40H37FN4O6.C36H35FN2O3Si/c1-40(2,3)51-38(47)43-29-22-45(23-29)39(48)50-35-30-15-10-20-42-33(30)36(49-34(26-11-6-4-7-12-26)27-13-8-5-9-14-27)32-31(35)24-44(37(32)46)21-25-16-18-28(41)19-17-25;1-43(2,3)22-21-41-34-29-15-10-20-38-32(29)35(42-33(26-11-6-4-7-12-26)27-13-8-5-9-14-27)31-30(34)24-39(36(31)40)23-25-16-18-28(37)19-17-25/h4-20,29,34H,21-24H2,1-3H3,(H,43,47);4-20,33H,21-24H2,1-3H3. The lowest BCUT2D eigenvalue weighted by Gasteiger charge is -2.38. The van der Waals surface area contributed by atoms with E-state index in [0.717, 1.165) is 50.4 Å². The van der Waals surface area contributed by atoms with Crippen molar-refractivity contribution in [2.45, 2.75) is 96.5 Å². The minimum absolute atomic E-state index is 0.111. The number of nitrogens with zero attached hydrogens (tertiary/aromatic N) is 5. The van der Waals surface area contributed by atoms with E-state index in [0.29, 0.717) is 58.7 Å². The molecule has 0 saturated carbocycles. The molecule has 1 saturated heterocycles. The van der Waals surface area contributed by atoms with Crippen LogP contribution in [-0.4, -0.2) is 88.1 Å². The summed E-state index contributed by atoms with van der Waals surface area (Å²) in [7, 11) is -1.37. The highest BCUT2D eigenvalue weighted by Crippen LogP contribution is 2.49. The van der Waals surface area contributed by atoms with Gasteiger partial charge in [-0.25, -0.2) is 18.4 Å². The van der Waals surface area contributed by atoms with Crippen LogP contribution in [-0.2, 0) is 30.9 Å². The Hall–Kier alpha value is -10.5. The Morgan fingerprint density at radius 1 is 0.553 bits per heavy atom. The molecular weight excluding hydrogens is 1210 g/mol. The third-order valence-corrected chi connectivity index (χ3v) is 18.1. The van der Waals surface area contributed by atoms with Crippen LogP contribution in [0.25, 0.3) is 21.8 Å². The van der Waals surface area contributed by atoms with Gasteiger partial charge in [-0.2, -0.15) is 0 Å². The molecule has 18 heteroatoms. The summed E-state index contributed by atoms with van der Waals surface area (Å²) in [6.07, 6.45) is 1.08. The molecular formula is C76H72F2N6O9Si. The molecule has 1 N–H and O–H groups in total. The first-order valence-electron chi connectivity index (χ1n) is 31.4. The lowest BCUT2D eigenvalue weighted by molar-refractivity contribution is 0.0407. The Kier molecular flexibility index (Phi) is 18.6. The number of hydrogen-bond donors (Lipinski definition) is 1. The van der Waals surface area contributed by atoms with E-state index in [1.165, 1.54) is 29.2 Å². The number of likely N-dealkylation sites (tertiary alicyclic amines) is 1. The van der Waals surface area contributed by atoms with E-state index in [9.17, 15) is 28.0 Å². The van der Waals surface area contributed by atoms with E-state index in [1.807, 2.05) is 133 Å². The van der Waals surface area contributed by atoms with Gasteiger partial charge in [0.15, 0.2) is 11.5 Å². The fourth-order valence-electron chi connectivity index (χ4n) is 11.8. The van der Waals surface area contributed by atoms with Crippen molar-refractivity contribution in [3.63, 3.8) is 0 Å². The van der Waals surface area contributed by atoms with Gasteiger partial charge in [0.05, 0.1) is 36.9 Å². The molecule has 0 spiro atoms. The lowest BCUT2D eigenvalue weighted by atomic mass is 9.99. The van der Waals surface area contributed by atoms with Crippen LogP contribution in [0.3, 0.4) is 0 Å². The normalized spacial score (nSPS) is 13.7. The Morgan fingerprint density at radius 3 is 1.36 bits per heavy atom. The second-order valence-electron chi connectivity index (χ2n) is 25.8. The van der Waals surface area contributed by atoms with Crippen LogP contribution in [0.1, 0.15) is 98.2 Å². The third kappa shape index (κ3) is 14.4. The summed E-state index contributed by atoms with van der Waals surface area (Å²) in [5.41, 5.74) is 7.58. The number of hydrogen-bond acceptors (Lipinski definition) is 11. The Labute approximate surface area is 545 Å². The number of aromatic nitrogens is 2. The molecule has 0 unspecified atom stereocenters. The quantitative estimate of drug-likeness (QED) is 0.0814. The molecule has 4 amide bonds. The molecule has 1 fully saturated rings. The highest BCUT2D eigenvalue weighted by atomic mass is 28.3. The number of rotatable bonds is 18. The molecule has 15 nitrogen and oxygen atoms in total. The van der Waals surface area contributed by atoms with Gasteiger partial charge in [-0.3, -0.25) is 19.6 Å². The zero-order chi connectivity index (χ0) is 65.7. The fourth-order valence-corrected chi connectivity index (χ4v) is 12.5. The summed E-state index contributed by atoms with van der Waals surface area (Å²) < 4.78 is 59.2. The second kappa shape index (κ2) is 27.4. The van der Waals surface area contributed by atoms with Crippen LogP contribution in [0, 0.1) is 11.6 Å². The van der Waals surface area contributed by atoms with Gasteiger partial charge < -0.3 is 43.7 Å². The number of pyridine rings is 2. The minimum atomic E-state index is -1.37. The number of halogens is 2. The van der Waals surface area contributed by atoms with Crippen molar-refractivity contribution in [1.82, 2.24) is 30.0 Å². The molecule has 94 heavy (non-hydrogen) atoms. The predicted octanol–water partition coefficient (Wildman–Crippen LogP) is 15.8. The van der Waals surface area contributed by atoms with Gasteiger partial charge in [0.1, 0.15) is 52.0 Å². The molecule has 0 bridgehead atoms. The number of ether oxygens (including phenoxy) is 5. The number of amides is 4. The van der Waals surface area contributed by atoms with Crippen molar-refractivity contribution >= 4 is 53.9 Å². The number of benzene rings is 8. The van der Waals surface area contributed by atoms with Crippen LogP contribution in [0.5, 0.6) is 23.0 Å². The van der Waals surface area contributed by atoms with Gasteiger partial charge >= 0.3 is 12.2 Å². The van der Waals surface area contributed by atoms with E-state index in [-0.39, 0.29) is 72.7 Å². The number of nitrogens with one attached hydrogen (secondary N) is 1. The summed E-state index contributed by atoms with van der Waals surface area (Å²) in [4.78, 5) is 68.8. The van der Waals surface area contributed by atoms with Gasteiger partial charge in [-0.05, 0) is 109 Å². The first-order valence-corrected chi connectivity index (χ1v) is 35.1. The molecule has 2 aromatic heterocycles. The summed E-state index contributed by atoms with van der Waals surface area (Å²) >= 11 is 0. The highest BCUT2D eigenvalue weighted by molar-refractivity contribution is 6.76. The topological polar surface area (TPSA) is 162 Å². The lowest BCUT2D eigenvalue weighted by Crippen LogP contribution is -2.61. The van der Waals surface area contributed by atoms with E-state index in [4.69, 9.17) is 28.7 Å². The number of carbonyl (C=O) groups is 4. The number of fused-ring (bicyclic) bond motifs is 4. The summed E-state index contributed by atoms with van der Waals surface area (Å²) in [6.45, 7) is 14.3. The predicted molar refractivity (Wildman–Crippen MR) is 359 cm³/mol. The molecule has 3 aliphatic rings. The van der Waals surface area contributed by atoms with Crippen molar-refractivity contribution in [3.05, 3.63) is 274 Å². The van der Waals surface area contributed by atoms with Crippen LogP contribution < -0.4 is 24.3 Å². The van der Waals surface area contributed by atoms with Gasteiger partial charge in [-0.15, -0.1) is 0 Å². The molecule has 0 radical (unpaired) electrons. The van der Waals surface area contributed by atoms with E-state index in [1.54, 1.807) is 79.4 Å². The minimum Gasteiger partial charge on any atom is -0.493 e. The smallest absolute Gasteiger partial charge is 0.415 e. The molecule has 10 aromatic rings. The summed E-state index contributed by atoms with van der Waals surface area (Å²) in [6, 6.07) is 59.8. The highest BCUT2D eigenvalue weighted by Gasteiger charge is 2.42. The maximum Gasteiger partial charge on any atom is 0.415 e. The molecule has 5 heterocycles. The maximum absolute atomic E-state index is 14.4. The monoisotopic (exact) mass is 1280 g/mol. The fraction of sp³-hybridized carbons (Fsp3) is 0.237. The largest absolute Gasteiger partial charge is 0.493 e. The summed E-state index contributed by atoms with van der Waals surface area (Å²) in [5.74, 6) is 0.451. The van der Waals surface area contributed by atoms with Gasteiger partial charge in [0, 0.05) is 68.5 Å². The zero-order valence-corrected chi connectivity index (χ0v) is 54.2. The van der Waals surface area contributed by atoms with E-state index < -0.39 is 38.1 Å². The van der Waals surface area contributed by atoms with Crippen molar-refractivity contribution in [1.29, 1.82) is 0 Å². The zero-order valence-electron chi connectivity index (χ0n) is 53.2. The number of alkyl carbamates (subject to hydrolysis) is 1. The molecule has 0 aliphatic carbocycles. The van der Waals surface area contributed by atoms with Crippen LogP contribution >= 0.6 is 0 Å². The van der Waals surface area contributed by atoms with Crippen molar-refractivity contribution in [2.24, 2.45) is 0 Å². The molecule has 0 atom stereocenters. The van der Waals surface area contributed by atoms with Crippen LogP contribution in [0.2, 0.25) is 25.7 Å². The van der Waals surface area contributed by atoms with Crippen LogP contribution in [0.15, 0.2) is 207 Å². The summed E-state index contributed by atoms with van der Waals surface area (Å²) in [5, 5.41) is 4.09. The molecule has 478 valence electrons. The molecule has 3 aliphatic heterocycles. The van der Waals surface area contributed by atoms with Crippen molar-refractivity contribution in [2.75, 3.05) is 19.7 Å². The van der Waals surface area contributed by atoms with Crippen molar-refractivity contribution in [3.8, 4) is 23.0 Å². The van der Waals surface area contributed by atoms with Crippen molar-refractivity contribution < 1.29 is 51.6 Å². The first-order chi connectivity index (χ1) is 45.3. The van der Waals surface area contributed by atoms with E-state index in [2.05, 4.69) is 29.9 Å². The van der Waals surface area contributed by atoms with Crippen LogP contribution in [0.4, 0.5) is 18.4 Å². The first kappa shape index (κ1) is 63.7. The second-order valence-corrected chi connectivity index (χ2v) is 31.4.